The molecule has 1 aliphatic rings. The van der Waals surface area contributed by atoms with Crippen LogP contribution in [0.15, 0.2) is 0 Å². The Hall–Kier alpha value is -0.750. The lowest BCUT2D eigenvalue weighted by molar-refractivity contribution is -0.122. The van der Waals surface area contributed by atoms with Crippen LogP contribution in [0.25, 0.3) is 0 Å². The maximum atomic E-state index is 11.9. The summed E-state index contributed by atoms with van der Waals surface area (Å²) in [5.74, 6) is -1.77. The second kappa shape index (κ2) is 6.79. The van der Waals surface area contributed by atoms with Crippen molar-refractivity contribution >= 4 is 25.9 Å². The Morgan fingerprint density at radius 1 is 1.41 bits per heavy atom. The molecule has 0 aromatic rings. The molecule has 11 heteroatoms. The van der Waals surface area contributed by atoms with Crippen LogP contribution < -0.4 is 5.32 Å². The zero-order chi connectivity index (χ0) is 17.2. The minimum absolute atomic E-state index is 0.0182. The van der Waals surface area contributed by atoms with E-state index in [9.17, 15) is 26.2 Å². The number of amides is 1. The maximum Gasteiger partial charge on any atom is 0.271 e. The largest absolute Gasteiger partial charge is 0.395 e. The number of nitrogens with one attached hydrogen (secondary N) is 1. The number of carbonyl (C=O) groups excluding carboxylic acids is 1. The van der Waals surface area contributed by atoms with Gasteiger partial charge in [-0.3, -0.25) is 9.35 Å². The number of aliphatic hydroxyl groups excluding tert-OH is 1. The molecule has 0 aromatic carbocycles. The lowest BCUT2D eigenvalue weighted by atomic mass is 10.0. The monoisotopic (exact) mass is 358 g/mol. The quantitative estimate of drug-likeness (QED) is 0.438. The summed E-state index contributed by atoms with van der Waals surface area (Å²) in [6.07, 6.45) is 0.0182. The van der Waals surface area contributed by atoms with Crippen LogP contribution in [-0.4, -0.2) is 86.3 Å². The molecular formula is C11H22N2O7S2. The Bertz CT molecular complexity index is 616. The molecule has 0 saturated carbocycles. The highest BCUT2D eigenvalue weighted by Gasteiger charge is 2.53. The molecule has 0 unspecified atom stereocenters. The SMILES string of the molecule is CN(CCO)CCC(=O)N[C@@]1(C)CS(=O)(=O)C[C@@H]1S(=O)(=O)O. The average Bonchev–Trinajstić information content (AvgIpc) is 2.56. The van der Waals surface area contributed by atoms with Crippen LogP contribution in [0.3, 0.4) is 0 Å². The van der Waals surface area contributed by atoms with Crippen molar-refractivity contribution in [3.8, 4) is 0 Å². The third-order valence-corrected chi connectivity index (χ3v) is 7.12. The number of likely N-dealkylation sites (N-methyl/N-ethyl adjacent to an activating group) is 1. The first-order valence-corrected chi connectivity index (χ1v) is 9.99. The van der Waals surface area contributed by atoms with Crippen LogP contribution in [0.4, 0.5) is 0 Å². The smallest absolute Gasteiger partial charge is 0.271 e. The van der Waals surface area contributed by atoms with E-state index >= 15 is 0 Å². The molecule has 0 spiro atoms. The number of sulfone groups is 1. The molecule has 0 bridgehead atoms. The van der Waals surface area contributed by atoms with E-state index in [1.807, 2.05) is 0 Å². The summed E-state index contributed by atoms with van der Waals surface area (Å²) in [4.78, 5) is 13.6. The van der Waals surface area contributed by atoms with Gasteiger partial charge in [0.05, 0.1) is 23.7 Å². The Balaban J connectivity index is 2.78. The molecule has 9 nitrogen and oxygen atoms in total. The van der Waals surface area contributed by atoms with E-state index < -0.39 is 48.2 Å². The van der Waals surface area contributed by atoms with Gasteiger partial charge in [-0.2, -0.15) is 8.42 Å². The standard InChI is InChI=1S/C11H22N2O7S2/c1-11(12-10(15)3-4-13(2)5-6-14)8-21(16,17)7-9(11)22(18,19)20/h9,14H,3-8H2,1-2H3,(H,12,15)(H,18,19,20)/t9-,11-/m0/s1. The van der Waals surface area contributed by atoms with E-state index in [0.717, 1.165) is 0 Å². The molecule has 0 aromatic heterocycles. The zero-order valence-electron chi connectivity index (χ0n) is 12.5. The van der Waals surface area contributed by atoms with Gasteiger partial charge in [0, 0.05) is 19.5 Å². The van der Waals surface area contributed by atoms with Crippen LogP contribution in [0.1, 0.15) is 13.3 Å². The van der Waals surface area contributed by atoms with Crippen molar-refractivity contribution in [2.75, 3.05) is 38.2 Å². The molecule has 130 valence electrons. The summed E-state index contributed by atoms with van der Waals surface area (Å²) in [5, 5.41) is 9.59. The third-order valence-electron chi connectivity index (χ3n) is 3.62. The number of hydrogen-bond acceptors (Lipinski definition) is 7. The maximum absolute atomic E-state index is 11.9. The summed E-state index contributed by atoms with van der Waals surface area (Å²) in [6.45, 7) is 1.95. The second-order valence-corrected chi connectivity index (χ2v) is 9.51. The highest BCUT2D eigenvalue weighted by atomic mass is 32.2. The fourth-order valence-electron chi connectivity index (χ4n) is 2.51. The second-order valence-electron chi connectivity index (χ2n) is 5.80. The molecule has 3 N–H and O–H groups in total. The molecule has 0 aliphatic carbocycles. The van der Waals surface area contributed by atoms with Crippen molar-refractivity contribution < 1.29 is 31.3 Å². The summed E-state index contributed by atoms with van der Waals surface area (Å²) < 4.78 is 55.3. The molecule has 0 radical (unpaired) electrons. The van der Waals surface area contributed by atoms with Gasteiger partial charge in [0.2, 0.25) is 5.91 Å². The predicted molar refractivity (Wildman–Crippen MR) is 79.7 cm³/mol. The molecule has 2 atom stereocenters. The Morgan fingerprint density at radius 3 is 2.50 bits per heavy atom. The van der Waals surface area contributed by atoms with Crippen molar-refractivity contribution in [3.63, 3.8) is 0 Å². The van der Waals surface area contributed by atoms with Crippen LogP contribution in [-0.2, 0) is 24.7 Å². The lowest BCUT2D eigenvalue weighted by Gasteiger charge is -2.29. The minimum Gasteiger partial charge on any atom is -0.395 e. The van der Waals surface area contributed by atoms with Crippen LogP contribution in [0.5, 0.6) is 0 Å². The molecule has 22 heavy (non-hydrogen) atoms. The summed E-state index contributed by atoms with van der Waals surface area (Å²) in [5.41, 5.74) is -1.56. The molecular weight excluding hydrogens is 336 g/mol. The van der Waals surface area contributed by atoms with Gasteiger partial charge in [-0.25, -0.2) is 8.42 Å². The number of nitrogens with zero attached hydrogens (tertiary/aromatic N) is 1. The first kappa shape index (κ1) is 19.3. The van der Waals surface area contributed by atoms with Gasteiger partial charge in [0.25, 0.3) is 10.1 Å². The molecule has 1 saturated heterocycles. The van der Waals surface area contributed by atoms with E-state index in [4.69, 9.17) is 5.11 Å². The third kappa shape index (κ3) is 5.16. The van der Waals surface area contributed by atoms with Gasteiger partial charge in [-0.15, -0.1) is 0 Å². The Labute approximate surface area is 130 Å². The first-order chi connectivity index (χ1) is 9.89. The molecule has 1 fully saturated rings. The first-order valence-electron chi connectivity index (χ1n) is 6.67. The average molecular weight is 358 g/mol. The van der Waals surface area contributed by atoms with Crippen molar-refractivity contribution in [2.24, 2.45) is 0 Å². The van der Waals surface area contributed by atoms with Gasteiger partial charge in [0.1, 0.15) is 5.25 Å². The minimum atomic E-state index is -4.60. The highest BCUT2D eigenvalue weighted by molar-refractivity contribution is 7.94. The van der Waals surface area contributed by atoms with Crippen molar-refractivity contribution in [1.29, 1.82) is 0 Å². The summed E-state index contributed by atoms with van der Waals surface area (Å²) in [7, 11) is -6.57. The fourth-order valence-corrected chi connectivity index (χ4v) is 6.86. The fraction of sp³-hybridized carbons (Fsp3) is 0.909. The van der Waals surface area contributed by atoms with Gasteiger partial charge in [-0.1, -0.05) is 0 Å². The number of rotatable bonds is 7. The number of carbonyl (C=O) groups is 1. The topological polar surface area (TPSA) is 141 Å². The Morgan fingerprint density at radius 2 is 2.00 bits per heavy atom. The lowest BCUT2D eigenvalue weighted by Crippen LogP contribution is -2.56. The number of hydrogen-bond donors (Lipinski definition) is 3. The zero-order valence-corrected chi connectivity index (χ0v) is 14.2. The van der Waals surface area contributed by atoms with E-state index in [1.54, 1.807) is 11.9 Å². The van der Waals surface area contributed by atoms with E-state index in [-0.39, 0.29) is 13.0 Å². The van der Waals surface area contributed by atoms with Gasteiger partial charge < -0.3 is 15.3 Å². The molecule has 1 aliphatic heterocycles. The van der Waals surface area contributed by atoms with E-state index in [0.29, 0.717) is 13.1 Å². The van der Waals surface area contributed by atoms with Gasteiger partial charge in [0.15, 0.2) is 9.84 Å². The highest BCUT2D eigenvalue weighted by Crippen LogP contribution is 2.28. The van der Waals surface area contributed by atoms with Crippen molar-refractivity contribution in [3.05, 3.63) is 0 Å². The van der Waals surface area contributed by atoms with E-state index in [1.165, 1.54) is 6.92 Å². The molecule has 1 heterocycles. The van der Waals surface area contributed by atoms with Gasteiger partial charge in [-0.05, 0) is 14.0 Å². The van der Waals surface area contributed by atoms with Crippen LogP contribution in [0, 0.1) is 0 Å². The summed E-state index contributed by atoms with van der Waals surface area (Å²) in [6, 6.07) is 0. The summed E-state index contributed by atoms with van der Waals surface area (Å²) >= 11 is 0. The van der Waals surface area contributed by atoms with Gasteiger partial charge >= 0.3 is 0 Å². The number of aliphatic hydroxyl groups is 1. The normalized spacial score (nSPS) is 28.0. The van der Waals surface area contributed by atoms with Crippen molar-refractivity contribution in [1.82, 2.24) is 10.2 Å². The Kier molecular flexibility index (Phi) is 5.95. The van der Waals surface area contributed by atoms with Crippen molar-refractivity contribution in [2.45, 2.75) is 24.1 Å². The molecule has 1 amide bonds. The van der Waals surface area contributed by atoms with Crippen LogP contribution in [0.2, 0.25) is 0 Å². The van der Waals surface area contributed by atoms with Crippen LogP contribution >= 0.6 is 0 Å². The molecule has 1 rings (SSSR count). The predicted octanol–water partition coefficient (Wildman–Crippen LogP) is -2.14. The van der Waals surface area contributed by atoms with E-state index in [2.05, 4.69) is 5.32 Å².